The van der Waals surface area contributed by atoms with Gasteiger partial charge in [0, 0.05) is 36.2 Å². The van der Waals surface area contributed by atoms with Crippen LogP contribution in [0.5, 0.6) is 0 Å². The lowest BCUT2D eigenvalue weighted by Gasteiger charge is -2.13. The molecule has 138 valence electrons. The smallest absolute Gasteiger partial charge is 0.216 e. The van der Waals surface area contributed by atoms with Crippen molar-refractivity contribution in [2.75, 3.05) is 0 Å². The van der Waals surface area contributed by atoms with Crippen LogP contribution >= 0.6 is 0 Å². The fourth-order valence-electron chi connectivity index (χ4n) is 3.11. The summed E-state index contributed by atoms with van der Waals surface area (Å²) < 4.78 is 27.1. The summed E-state index contributed by atoms with van der Waals surface area (Å²) in [6, 6.07) is 15.8. The second-order valence-electron chi connectivity index (χ2n) is 6.76. The van der Waals surface area contributed by atoms with E-state index in [1.54, 1.807) is 0 Å². The Morgan fingerprint density at radius 3 is 2.38 bits per heavy atom. The maximum Gasteiger partial charge on any atom is 0.216 e. The van der Waals surface area contributed by atoms with Crippen LogP contribution in [0.3, 0.4) is 0 Å². The Morgan fingerprint density at radius 1 is 0.923 bits per heavy atom. The molecule has 3 rings (SSSR count). The molecule has 2 aromatic carbocycles. The van der Waals surface area contributed by atoms with Crippen LogP contribution in [0.2, 0.25) is 0 Å². The molecule has 6 heteroatoms. The highest BCUT2D eigenvalue weighted by Crippen LogP contribution is 2.18. The summed E-state index contributed by atoms with van der Waals surface area (Å²) in [6.07, 6.45) is 1.94. The Kier molecular flexibility index (Phi) is 5.76. The topological polar surface area (TPSA) is 74.0 Å². The van der Waals surface area contributed by atoms with E-state index in [4.69, 9.17) is 0 Å². The highest BCUT2D eigenvalue weighted by atomic mass is 32.2. The first-order valence-corrected chi connectivity index (χ1v) is 10.4. The molecule has 26 heavy (non-hydrogen) atoms. The first-order chi connectivity index (χ1) is 12.4. The van der Waals surface area contributed by atoms with Gasteiger partial charge >= 0.3 is 0 Å². The number of sulfonamides is 1. The van der Waals surface area contributed by atoms with E-state index >= 15 is 0 Å². The van der Waals surface area contributed by atoms with E-state index < -0.39 is 10.0 Å². The van der Waals surface area contributed by atoms with Gasteiger partial charge in [0.15, 0.2) is 0 Å². The van der Waals surface area contributed by atoms with Crippen LogP contribution in [0.4, 0.5) is 0 Å². The van der Waals surface area contributed by atoms with Gasteiger partial charge in [-0.15, -0.1) is 0 Å². The Hall–Kier alpha value is -2.15. The highest BCUT2D eigenvalue weighted by molar-refractivity contribution is 7.88. The van der Waals surface area contributed by atoms with Gasteiger partial charge in [0.05, 0.1) is 5.75 Å². The van der Waals surface area contributed by atoms with Crippen molar-refractivity contribution in [3.05, 3.63) is 71.4 Å². The molecule has 0 aliphatic rings. The lowest BCUT2D eigenvalue weighted by atomic mass is 10.1. The quantitative estimate of drug-likeness (QED) is 0.569. The average Bonchev–Trinajstić information content (AvgIpc) is 3.04. The van der Waals surface area contributed by atoms with Crippen LogP contribution in [-0.4, -0.2) is 19.4 Å². The molecule has 0 radical (unpaired) electrons. The number of fused-ring (bicyclic) bond motifs is 1. The van der Waals surface area contributed by atoms with Gasteiger partial charge in [-0.05, 0) is 42.7 Å². The van der Waals surface area contributed by atoms with Gasteiger partial charge < -0.3 is 10.3 Å². The standard InChI is InChI=1S/C20H25N3O2S/c1-15(2)23-26(24,25)14-18-7-4-3-6-16(18)12-21-13-17-8-5-9-20-19(17)10-11-22-20/h3-11,15,21-23H,12-14H2,1-2H3. The average molecular weight is 372 g/mol. The molecular weight excluding hydrogens is 346 g/mol. The minimum absolute atomic E-state index is 0.00355. The fourth-order valence-corrected chi connectivity index (χ4v) is 4.61. The molecule has 0 fully saturated rings. The fraction of sp³-hybridized carbons (Fsp3) is 0.300. The molecule has 3 aromatic rings. The third-order valence-electron chi connectivity index (χ3n) is 4.20. The number of H-pyrrole nitrogens is 1. The second-order valence-corrected chi connectivity index (χ2v) is 8.51. The Morgan fingerprint density at radius 2 is 1.62 bits per heavy atom. The Bertz CT molecular complexity index is 977. The molecule has 0 spiro atoms. The lowest BCUT2D eigenvalue weighted by Crippen LogP contribution is -2.31. The van der Waals surface area contributed by atoms with Crippen molar-refractivity contribution in [1.29, 1.82) is 0 Å². The van der Waals surface area contributed by atoms with Gasteiger partial charge in [-0.2, -0.15) is 0 Å². The number of hydrogen-bond donors (Lipinski definition) is 3. The lowest BCUT2D eigenvalue weighted by molar-refractivity contribution is 0.568. The van der Waals surface area contributed by atoms with Crippen LogP contribution in [-0.2, 0) is 28.9 Å². The first-order valence-electron chi connectivity index (χ1n) is 8.77. The molecule has 0 saturated carbocycles. The van der Waals surface area contributed by atoms with Crippen molar-refractivity contribution >= 4 is 20.9 Å². The van der Waals surface area contributed by atoms with Crippen LogP contribution in [0, 0.1) is 0 Å². The Balaban J connectivity index is 1.68. The zero-order valence-electron chi connectivity index (χ0n) is 15.1. The zero-order chi connectivity index (χ0) is 18.6. The van der Waals surface area contributed by atoms with E-state index in [9.17, 15) is 8.42 Å². The number of nitrogens with one attached hydrogen (secondary N) is 3. The summed E-state index contributed by atoms with van der Waals surface area (Å²) in [5.74, 6) is -0.00355. The van der Waals surface area contributed by atoms with E-state index in [-0.39, 0.29) is 11.8 Å². The molecule has 0 aliphatic heterocycles. The Labute approximate surface area is 154 Å². The summed E-state index contributed by atoms with van der Waals surface area (Å²) in [7, 11) is -3.34. The third-order valence-corrected chi connectivity index (χ3v) is 5.72. The van der Waals surface area contributed by atoms with Gasteiger partial charge in [-0.1, -0.05) is 36.4 Å². The largest absolute Gasteiger partial charge is 0.361 e. The molecule has 5 nitrogen and oxygen atoms in total. The molecule has 0 unspecified atom stereocenters. The van der Waals surface area contributed by atoms with Crippen molar-refractivity contribution in [2.45, 2.75) is 38.7 Å². The van der Waals surface area contributed by atoms with Gasteiger partial charge in [-0.25, -0.2) is 13.1 Å². The third kappa shape index (κ3) is 4.72. The number of rotatable bonds is 8. The first kappa shape index (κ1) is 18.6. The maximum absolute atomic E-state index is 12.2. The molecule has 1 aromatic heterocycles. The monoisotopic (exact) mass is 371 g/mol. The van der Waals surface area contributed by atoms with Gasteiger partial charge in [0.1, 0.15) is 0 Å². The summed E-state index contributed by atoms with van der Waals surface area (Å²) in [5, 5.41) is 4.64. The maximum atomic E-state index is 12.2. The molecule has 0 saturated heterocycles. The van der Waals surface area contributed by atoms with Crippen molar-refractivity contribution in [1.82, 2.24) is 15.0 Å². The predicted octanol–water partition coefficient (Wildman–Crippen LogP) is 3.29. The van der Waals surface area contributed by atoms with Crippen LogP contribution < -0.4 is 10.0 Å². The minimum Gasteiger partial charge on any atom is -0.361 e. The molecule has 0 bridgehead atoms. The molecule has 1 heterocycles. The van der Waals surface area contributed by atoms with Crippen molar-refractivity contribution in [3.8, 4) is 0 Å². The molecular formula is C20H25N3O2S. The summed E-state index contributed by atoms with van der Waals surface area (Å²) >= 11 is 0. The van der Waals surface area contributed by atoms with E-state index in [1.807, 2.05) is 50.4 Å². The molecule has 0 aliphatic carbocycles. The zero-order valence-corrected chi connectivity index (χ0v) is 15.9. The van der Waals surface area contributed by atoms with Crippen molar-refractivity contribution in [3.63, 3.8) is 0 Å². The minimum atomic E-state index is -3.34. The number of aromatic nitrogens is 1. The van der Waals surface area contributed by atoms with Crippen LogP contribution in [0.15, 0.2) is 54.7 Å². The van der Waals surface area contributed by atoms with E-state index in [1.165, 1.54) is 10.9 Å². The van der Waals surface area contributed by atoms with E-state index in [2.05, 4.69) is 33.2 Å². The van der Waals surface area contributed by atoms with Gasteiger partial charge in [0.25, 0.3) is 0 Å². The number of aromatic amines is 1. The summed E-state index contributed by atoms with van der Waals surface area (Å²) in [6.45, 7) is 4.99. The number of hydrogen-bond acceptors (Lipinski definition) is 3. The highest BCUT2D eigenvalue weighted by Gasteiger charge is 2.15. The van der Waals surface area contributed by atoms with E-state index in [0.29, 0.717) is 6.54 Å². The van der Waals surface area contributed by atoms with Crippen molar-refractivity contribution < 1.29 is 8.42 Å². The SMILES string of the molecule is CC(C)NS(=O)(=O)Cc1ccccc1CNCc1cccc2[nH]ccc12. The van der Waals surface area contributed by atoms with Gasteiger partial charge in [0.2, 0.25) is 10.0 Å². The van der Waals surface area contributed by atoms with Crippen LogP contribution in [0.1, 0.15) is 30.5 Å². The van der Waals surface area contributed by atoms with Crippen molar-refractivity contribution in [2.24, 2.45) is 0 Å². The predicted molar refractivity (Wildman–Crippen MR) is 106 cm³/mol. The molecule has 0 amide bonds. The second kappa shape index (κ2) is 8.03. The normalized spacial score (nSPS) is 12.1. The summed E-state index contributed by atoms with van der Waals surface area (Å²) in [4.78, 5) is 3.22. The van der Waals surface area contributed by atoms with Crippen LogP contribution in [0.25, 0.3) is 10.9 Å². The van der Waals surface area contributed by atoms with Gasteiger partial charge in [-0.3, -0.25) is 0 Å². The molecule has 0 atom stereocenters. The number of benzene rings is 2. The molecule has 3 N–H and O–H groups in total. The van der Waals surface area contributed by atoms with E-state index in [0.717, 1.165) is 23.2 Å². The summed E-state index contributed by atoms with van der Waals surface area (Å²) in [5.41, 5.74) is 4.17.